The zero-order valence-electron chi connectivity index (χ0n) is 16.9. The molecule has 146 valence electrons. The van der Waals surface area contributed by atoms with Crippen molar-refractivity contribution in [2.75, 3.05) is 26.9 Å². The Morgan fingerprint density at radius 2 is 1.08 bits per heavy atom. The largest absolute Gasteiger partial charge is 0.373 e. The maximum atomic E-state index is 6.06. The van der Waals surface area contributed by atoms with Gasteiger partial charge in [-0.05, 0) is 25.7 Å². The lowest BCUT2D eigenvalue weighted by molar-refractivity contribution is -0.416. The summed E-state index contributed by atoms with van der Waals surface area (Å²) in [6.07, 6.45) is 11.1. The second kappa shape index (κ2) is 16.3. The third-order valence-electron chi connectivity index (χ3n) is 4.02. The van der Waals surface area contributed by atoms with Gasteiger partial charge in [-0.2, -0.15) is 0 Å². The summed E-state index contributed by atoms with van der Waals surface area (Å²) in [4.78, 5) is 0. The smallest absolute Gasteiger partial charge is 0.310 e. The van der Waals surface area contributed by atoms with Gasteiger partial charge in [-0.1, -0.05) is 66.2 Å². The summed E-state index contributed by atoms with van der Waals surface area (Å²) in [5, 5.41) is 0. The van der Waals surface area contributed by atoms with Crippen molar-refractivity contribution in [3.8, 4) is 0 Å². The zero-order valence-corrected chi connectivity index (χ0v) is 16.9. The second-order valence-electron chi connectivity index (χ2n) is 6.43. The monoisotopic (exact) mass is 346 g/mol. The van der Waals surface area contributed by atoms with E-state index in [0.29, 0.717) is 19.8 Å². The van der Waals surface area contributed by atoms with Crippen LogP contribution in [0.2, 0.25) is 0 Å². The highest BCUT2D eigenvalue weighted by Gasteiger charge is 2.42. The molecule has 0 fully saturated rings. The molecule has 1 unspecified atom stereocenters. The minimum absolute atomic E-state index is 0.187. The summed E-state index contributed by atoms with van der Waals surface area (Å²) in [5.74, 6) is -1.06. The van der Waals surface area contributed by atoms with Crippen LogP contribution < -0.4 is 0 Å². The molecule has 0 aliphatic heterocycles. The molecular formula is C20H42O4. The Kier molecular flexibility index (Phi) is 16.2. The summed E-state index contributed by atoms with van der Waals surface area (Å²) < 4.78 is 23.9. The van der Waals surface area contributed by atoms with Crippen LogP contribution in [0.5, 0.6) is 0 Å². The number of methoxy groups -OCH3 is 1. The maximum Gasteiger partial charge on any atom is 0.310 e. The van der Waals surface area contributed by atoms with Crippen LogP contribution in [0.25, 0.3) is 0 Å². The molecule has 24 heavy (non-hydrogen) atoms. The van der Waals surface area contributed by atoms with Crippen molar-refractivity contribution < 1.29 is 18.9 Å². The van der Waals surface area contributed by atoms with Crippen LogP contribution in [0.15, 0.2) is 0 Å². The molecule has 0 aliphatic carbocycles. The third kappa shape index (κ3) is 9.97. The number of hydrogen-bond acceptors (Lipinski definition) is 4. The van der Waals surface area contributed by atoms with E-state index in [-0.39, 0.29) is 6.10 Å². The van der Waals surface area contributed by atoms with Crippen LogP contribution in [0.4, 0.5) is 0 Å². The molecule has 0 spiro atoms. The maximum absolute atomic E-state index is 6.06. The van der Waals surface area contributed by atoms with Gasteiger partial charge in [-0.3, -0.25) is 0 Å². The summed E-state index contributed by atoms with van der Waals surface area (Å²) in [5.41, 5.74) is 0. The average Bonchev–Trinajstić information content (AvgIpc) is 2.61. The van der Waals surface area contributed by atoms with Crippen LogP contribution in [0, 0.1) is 0 Å². The predicted octanol–water partition coefficient (Wildman–Crippen LogP) is 5.69. The van der Waals surface area contributed by atoms with Crippen LogP contribution >= 0.6 is 0 Å². The molecule has 0 bridgehead atoms. The van der Waals surface area contributed by atoms with Crippen LogP contribution in [0.3, 0.4) is 0 Å². The Labute approximate surface area is 150 Å². The summed E-state index contributed by atoms with van der Waals surface area (Å²) in [7, 11) is 1.73. The molecule has 0 aliphatic rings. The van der Waals surface area contributed by atoms with Crippen molar-refractivity contribution in [1.82, 2.24) is 0 Å². The van der Waals surface area contributed by atoms with Gasteiger partial charge in [0.1, 0.15) is 6.10 Å². The molecule has 1 atom stereocenters. The van der Waals surface area contributed by atoms with Gasteiger partial charge in [0.05, 0.1) is 19.8 Å². The lowest BCUT2D eigenvalue weighted by atomic mass is 10.1. The van der Waals surface area contributed by atoms with E-state index < -0.39 is 5.97 Å². The number of unbranched alkanes of at least 4 members (excludes halogenated alkanes) is 5. The molecule has 0 rings (SSSR count). The van der Waals surface area contributed by atoms with E-state index in [1.807, 2.05) is 0 Å². The van der Waals surface area contributed by atoms with Crippen molar-refractivity contribution in [3.63, 3.8) is 0 Å². The minimum Gasteiger partial charge on any atom is -0.373 e. The standard InChI is InChI=1S/C20H42O4/c1-6-10-11-12-13-14-15-19(21-5)20(22-16-7-2,23-17-8-3)24-18-9-4/h19H,6-18H2,1-5H3. The quantitative estimate of drug-likeness (QED) is 0.236. The second-order valence-corrected chi connectivity index (χ2v) is 6.43. The fraction of sp³-hybridized carbons (Fsp3) is 1.00. The van der Waals surface area contributed by atoms with E-state index in [4.69, 9.17) is 18.9 Å². The van der Waals surface area contributed by atoms with Crippen molar-refractivity contribution in [2.45, 2.75) is 104 Å². The van der Waals surface area contributed by atoms with Gasteiger partial charge in [0, 0.05) is 7.11 Å². The molecule has 0 aromatic rings. The van der Waals surface area contributed by atoms with Crippen molar-refractivity contribution >= 4 is 0 Å². The van der Waals surface area contributed by atoms with E-state index in [1.165, 1.54) is 32.1 Å². The molecular weight excluding hydrogens is 304 g/mol. The Morgan fingerprint density at radius 1 is 0.625 bits per heavy atom. The molecule has 4 heteroatoms. The zero-order chi connectivity index (χ0) is 18.1. The SMILES string of the molecule is CCCCCCCCC(OC)C(OCCC)(OCCC)OCCC. The fourth-order valence-electron chi connectivity index (χ4n) is 2.69. The molecule has 0 radical (unpaired) electrons. The molecule has 4 nitrogen and oxygen atoms in total. The molecule has 0 heterocycles. The van der Waals surface area contributed by atoms with Crippen molar-refractivity contribution in [1.29, 1.82) is 0 Å². The predicted molar refractivity (Wildman–Crippen MR) is 100 cm³/mol. The van der Waals surface area contributed by atoms with E-state index >= 15 is 0 Å². The average molecular weight is 347 g/mol. The fourth-order valence-corrected chi connectivity index (χ4v) is 2.69. The first-order valence-corrected chi connectivity index (χ1v) is 10.1. The van der Waals surface area contributed by atoms with E-state index in [0.717, 1.165) is 32.1 Å². The minimum atomic E-state index is -1.06. The number of hydrogen-bond donors (Lipinski definition) is 0. The lowest BCUT2D eigenvalue weighted by Crippen LogP contribution is -2.51. The van der Waals surface area contributed by atoms with E-state index in [1.54, 1.807) is 7.11 Å². The summed E-state index contributed by atoms with van der Waals surface area (Å²) in [6.45, 7) is 10.4. The van der Waals surface area contributed by atoms with Gasteiger partial charge in [-0.25, -0.2) is 0 Å². The highest BCUT2D eigenvalue weighted by atomic mass is 16.9. The molecule has 0 saturated heterocycles. The number of ether oxygens (including phenoxy) is 4. The van der Waals surface area contributed by atoms with Gasteiger partial charge < -0.3 is 18.9 Å². The first kappa shape index (κ1) is 23.8. The number of rotatable bonds is 18. The van der Waals surface area contributed by atoms with Gasteiger partial charge in [0.15, 0.2) is 0 Å². The molecule has 0 aromatic carbocycles. The van der Waals surface area contributed by atoms with Crippen molar-refractivity contribution in [2.24, 2.45) is 0 Å². The Morgan fingerprint density at radius 3 is 1.50 bits per heavy atom. The van der Waals surface area contributed by atoms with Gasteiger partial charge in [-0.15, -0.1) is 0 Å². The van der Waals surface area contributed by atoms with Gasteiger partial charge in [0.25, 0.3) is 0 Å². The first-order chi connectivity index (χ1) is 11.7. The summed E-state index contributed by atoms with van der Waals surface area (Å²) in [6, 6.07) is 0. The molecule has 0 amide bonds. The first-order valence-electron chi connectivity index (χ1n) is 10.1. The molecule has 0 saturated carbocycles. The normalized spacial score (nSPS) is 13.4. The topological polar surface area (TPSA) is 36.9 Å². The third-order valence-corrected chi connectivity index (χ3v) is 4.02. The Balaban J connectivity index is 4.72. The molecule has 0 N–H and O–H groups in total. The van der Waals surface area contributed by atoms with Crippen molar-refractivity contribution in [3.05, 3.63) is 0 Å². The van der Waals surface area contributed by atoms with E-state index in [9.17, 15) is 0 Å². The van der Waals surface area contributed by atoms with Gasteiger partial charge >= 0.3 is 5.97 Å². The Bertz CT molecular complexity index is 236. The Hall–Kier alpha value is -0.160. The van der Waals surface area contributed by atoms with Crippen LogP contribution in [-0.2, 0) is 18.9 Å². The molecule has 0 aromatic heterocycles. The highest BCUT2D eigenvalue weighted by Crippen LogP contribution is 2.28. The highest BCUT2D eigenvalue weighted by molar-refractivity contribution is 4.73. The van der Waals surface area contributed by atoms with E-state index in [2.05, 4.69) is 27.7 Å². The lowest BCUT2D eigenvalue weighted by Gasteiger charge is -2.38. The van der Waals surface area contributed by atoms with Gasteiger partial charge in [0.2, 0.25) is 0 Å². The summed E-state index contributed by atoms with van der Waals surface area (Å²) >= 11 is 0. The van der Waals surface area contributed by atoms with Crippen LogP contribution in [0.1, 0.15) is 91.9 Å². The van der Waals surface area contributed by atoms with Crippen LogP contribution in [-0.4, -0.2) is 39.0 Å².